The zero-order valence-electron chi connectivity index (χ0n) is 2.28. The molecule has 1 nitrogen and oxygen atoms in total. The molecule has 0 N–H and O–H groups in total. The summed E-state index contributed by atoms with van der Waals surface area (Å²) < 4.78 is 7.83. The summed E-state index contributed by atoms with van der Waals surface area (Å²) in [7, 11) is 0. The number of rotatable bonds is 0. The summed E-state index contributed by atoms with van der Waals surface area (Å²) in [5.74, 6) is 0. The standard InChI is InChI=1S/2ClH.OS.Zn/c;;1-2;/h2*1H;;/q;;;+2/p-2. The molecule has 5 heavy (non-hydrogen) atoms. The van der Waals surface area contributed by atoms with E-state index in [1.807, 2.05) is 0 Å². The second-order valence-corrected chi connectivity index (χ2v) is 0. The quantitative estimate of drug-likeness (QED) is 0.349. The molecule has 0 heterocycles. The zero-order valence-corrected chi connectivity index (χ0v) is 7.58. The van der Waals surface area contributed by atoms with E-state index >= 15 is 0 Å². The molecule has 0 saturated heterocycles. The minimum Gasteiger partial charge on any atom is -1.00 e. The van der Waals surface area contributed by atoms with E-state index in [0.717, 1.165) is 0 Å². The first-order valence-electron chi connectivity index (χ1n) is 0.167. The molecule has 0 amide bonds. The van der Waals surface area contributed by atoms with Crippen molar-refractivity contribution in [3.05, 3.63) is 0 Å². The minimum atomic E-state index is 0. The van der Waals surface area contributed by atoms with E-state index in [2.05, 4.69) is 12.5 Å². The SMILES string of the molecule is O=S.[Cl-].[Cl-].[Zn+2]. The van der Waals surface area contributed by atoms with E-state index in [-0.39, 0.29) is 44.3 Å². The predicted molar refractivity (Wildman–Crippen MR) is 8.14 cm³/mol. The molecule has 0 spiro atoms. The molecule has 0 rings (SSSR count). The van der Waals surface area contributed by atoms with Gasteiger partial charge in [-0.15, -0.1) is 0 Å². The molecule has 0 aromatic heterocycles. The number of hydrogen-bond donors (Lipinski definition) is 0. The van der Waals surface area contributed by atoms with Gasteiger partial charge in [-0.2, -0.15) is 4.21 Å². The summed E-state index contributed by atoms with van der Waals surface area (Å²) in [4.78, 5) is 0. The second-order valence-electron chi connectivity index (χ2n) is 0. The number of halogens is 2. The number of hydrogen-bond acceptors (Lipinski definition) is 2. The molecular weight excluding hydrogens is 184 g/mol. The van der Waals surface area contributed by atoms with Crippen LogP contribution in [0.5, 0.6) is 0 Å². The van der Waals surface area contributed by atoms with E-state index in [9.17, 15) is 0 Å². The Hall–Kier alpha value is 1.22. The molecular formula is Cl2OSZn. The van der Waals surface area contributed by atoms with Crippen LogP contribution in [0.3, 0.4) is 0 Å². The van der Waals surface area contributed by atoms with Gasteiger partial charge < -0.3 is 24.8 Å². The summed E-state index contributed by atoms with van der Waals surface area (Å²) in [6.07, 6.45) is 0. The van der Waals surface area contributed by atoms with Crippen LogP contribution in [0.2, 0.25) is 0 Å². The molecule has 0 unspecified atom stereocenters. The molecule has 0 aromatic carbocycles. The molecule has 28 valence electrons. The van der Waals surface area contributed by atoms with E-state index in [4.69, 9.17) is 4.21 Å². The molecule has 0 radical (unpaired) electrons. The Labute approximate surface area is 61.0 Å². The van der Waals surface area contributed by atoms with E-state index < -0.39 is 0 Å². The van der Waals surface area contributed by atoms with Crippen LogP contribution < -0.4 is 24.8 Å². The van der Waals surface area contributed by atoms with Crippen molar-refractivity contribution in [2.75, 3.05) is 0 Å². The molecule has 0 aliphatic carbocycles. The Morgan fingerprint density at radius 1 is 1.00 bits per heavy atom. The third kappa shape index (κ3) is 36.3. The Morgan fingerprint density at radius 2 is 1.00 bits per heavy atom. The summed E-state index contributed by atoms with van der Waals surface area (Å²) in [5.41, 5.74) is 0. The molecule has 0 aliphatic rings. The largest absolute Gasteiger partial charge is 2.00 e. The summed E-state index contributed by atoms with van der Waals surface area (Å²) in [6, 6.07) is 0. The van der Waals surface area contributed by atoms with Gasteiger partial charge in [0.05, 0.1) is 0 Å². The maximum Gasteiger partial charge on any atom is 2.00 e. The van der Waals surface area contributed by atoms with Crippen molar-refractivity contribution in [3.63, 3.8) is 0 Å². The molecule has 0 atom stereocenters. The van der Waals surface area contributed by atoms with Crippen molar-refractivity contribution in [1.29, 1.82) is 0 Å². The maximum absolute atomic E-state index is 7.83. The van der Waals surface area contributed by atoms with Gasteiger partial charge in [-0.1, -0.05) is 0 Å². The topological polar surface area (TPSA) is 17.1 Å². The maximum atomic E-state index is 7.83. The van der Waals surface area contributed by atoms with Crippen LogP contribution in [0.25, 0.3) is 0 Å². The fourth-order valence-electron chi connectivity index (χ4n) is 0. The van der Waals surface area contributed by atoms with Gasteiger partial charge in [-0.05, 0) is 0 Å². The Kier molecular flexibility index (Phi) is 428. The van der Waals surface area contributed by atoms with Gasteiger partial charge in [0.15, 0.2) is 12.5 Å². The fraction of sp³-hybridized carbons (Fsp3) is 0. The average Bonchev–Trinajstić information content (AvgIpc) is 1.00. The van der Waals surface area contributed by atoms with Crippen LogP contribution in [-0.4, -0.2) is 4.21 Å². The van der Waals surface area contributed by atoms with Crippen LogP contribution in [0, 0.1) is 0 Å². The normalized spacial score (nSPS) is 0.800. The minimum absolute atomic E-state index is 0. The van der Waals surface area contributed by atoms with Crippen molar-refractivity contribution < 1.29 is 48.5 Å². The van der Waals surface area contributed by atoms with Gasteiger partial charge in [-0.3, -0.25) is 0 Å². The van der Waals surface area contributed by atoms with Crippen molar-refractivity contribution >= 4 is 12.5 Å². The van der Waals surface area contributed by atoms with Crippen LogP contribution in [-0.2, 0) is 32.0 Å². The predicted octanol–water partition coefficient (Wildman–Crippen LogP) is -6.33. The molecule has 0 fully saturated rings. The van der Waals surface area contributed by atoms with Crippen LogP contribution in [0.1, 0.15) is 0 Å². The molecule has 0 aromatic rings. The third-order valence-corrected chi connectivity index (χ3v) is 0. The first-order valence-corrected chi connectivity index (χ1v) is 0.500. The first-order chi connectivity index (χ1) is 1.00. The van der Waals surface area contributed by atoms with E-state index in [1.165, 1.54) is 0 Å². The van der Waals surface area contributed by atoms with Crippen molar-refractivity contribution in [2.45, 2.75) is 0 Å². The third-order valence-electron chi connectivity index (χ3n) is 0. The van der Waals surface area contributed by atoms with E-state index in [1.54, 1.807) is 0 Å². The van der Waals surface area contributed by atoms with Gasteiger partial charge in [-0.25, -0.2) is 0 Å². The Bertz CT molecular complexity index is 9.61. The molecule has 0 saturated carbocycles. The zero-order chi connectivity index (χ0) is 2.00. The Morgan fingerprint density at radius 3 is 1.00 bits per heavy atom. The summed E-state index contributed by atoms with van der Waals surface area (Å²) in [6.45, 7) is 0. The average molecular weight is 184 g/mol. The Balaban J connectivity index is -0.00000000167. The summed E-state index contributed by atoms with van der Waals surface area (Å²) >= 11 is 2.83. The molecule has 0 aliphatic heterocycles. The first kappa shape index (κ1) is 34.3. The van der Waals surface area contributed by atoms with E-state index in [0.29, 0.717) is 0 Å². The smallest absolute Gasteiger partial charge is 1.00 e. The fourth-order valence-corrected chi connectivity index (χ4v) is 0. The molecule has 5 heteroatoms. The monoisotopic (exact) mass is 182 g/mol. The van der Waals surface area contributed by atoms with Crippen molar-refractivity contribution in [2.24, 2.45) is 0 Å². The van der Waals surface area contributed by atoms with Gasteiger partial charge in [0.25, 0.3) is 0 Å². The van der Waals surface area contributed by atoms with Crippen molar-refractivity contribution in [1.82, 2.24) is 0 Å². The van der Waals surface area contributed by atoms with Crippen LogP contribution >= 0.6 is 0 Å². The van der Waals surface area contributed by atoms with Crippen molar-refractivity contribution in [3.8, 4) is 0 Å². The second kappa shape index (κ2) is 62.3. The summed E-state index contributed by atoms with van der Waals surface area (Å²) in [5, 5.41) is 0. The van der Waals surface area contributed by atoms with Crippen LogP contribution in [0.15, 0.2) is 0 Å². The van der Waals surface area contributed by atoms with Crippen LogP contribution in [0.4, 0.5) is 0 Å². The molecule has 0 bridgehead atoms. The van der Waals surface area contributed by atoms with Gasteiger partial charge in [0, 0.05) is 0 Å². The van der Waals surface area contributed by atoms with Gasteiger partial charge in [0.2, 0.25) is 0 Å². The van der Waals surface area contributed by atoms with Gasteiger partial charge in [0.1, 0.15) is 0 Å². The van der Waals surface area contributed by atoms with Gasteiger partial charge >= 0.3 is 19.5 Å².